The Hall–Kier alpha value is -1.91. The number of carbonyl (C=O) groups excluding carboxylic acids is 2. The van der Waals surface area contributed by atoms with Gasteiger partial charge in [0, 0.05) is 12.6 Å². The van der Waals surface area contributed by atoms with E-state index in [0.717, 1.165) is 6.42 Å². The Kier molecular flexibility index (Phi) is 4.44. The number of carbonyl (C=O) groups is 2. The van der Waals surface area contributed by atoms with E-state index >= 15 is 0 Å². The van der Waals surface area contributed by atoms with Gasteiger partial charge in [-0.3, -0.25) is 9.59 Å². The van der Waals surface area contributed by atoms with Gasteiger partial charge in [-0.2, -0.15) is 4.57 Å². The highest BCUT2D eigenvalue weighted by Crippen LogP contribution is 1.91. The summed E-state index contributed by atoms with van der Waals surface area (Å²) in [4.78, 5) is 22.3. The summed E-state index contributed by atoms with van der Waals surface area (Å²) in [5, 5.41) is 2.75. The molecule has 0 aliphatic carbocycles. The predicted octanol–water partition coefficient (Wildman–Crippen LogP) is -0.401. The van der Waals surface area contributed by atoms with Crippen molar-refractivity contribution in [1.82, 2.24) is 5.32 Å². The Labute approximate surface area is 94.3 Å². The molecule has 5 heteroatoms. The molecule has 1 rings (SSSR count). The van der Waals surface area contributed by atoms with Crippen LogP contribution in [0.1, 0.15) is 23.7 Å². The number of rotatable bonds is 5. The molecule has 0 aliphatic rings. The number of nitrogens with zero attached hydrogens (tertiary/aromatic N) is 1. The maximum atomic E-state index is 11.4. The molecule has 1 aromatic rings. The van der Waals surface area contributed by atoms with Gasteiger partial charge in [-0.1, -0.05) is 6.92 Å². The number of hydrogen-bond donors (Lipinski definition) is 2. The van der Waals surface area contributed by atoms with E-state index in [0.29, 0.717) is 12.1 Å². The van der Waals surface area contributed by atoms with Gasteiger partial charge in [0.25, 0.3) is 11.8 Å². The number of primary amides is 1. The normalized spacial score (nSPS) is 9.81. The lowest BCUT2D eigenvalue weighted by Gasteiger charge is -2.00. The SMILES string of the molecule is CCCNC(=O)C[n+]1cccc(C(N)=O)c1. The second kappa shape index (κ2) is 5.85. The van der Waals surface area contributed by atoms with Crippen LogP contribution in [0.5, 0.6) is 0 Å². The smallest absolute Gasteiger partial charge is 0.285 e. The maximum absolute atomic E-state index is 11.4. The van der Waals surface area contributed by atoms with Gasteiger partial charge in [0.15, 0.2) is 12.4 Å². The van der Waals surface area contributed by atoms with Crippen LogP contribution in [0.4, 0.5) is 0 Å². The second-order valence-corrected chi connectivity index (χ2v) is 3.48. The van der Waals surface area contributed by atoms with E-state index in [2.05, 4.69) is 5.32 Å². The predicted molar refractivity (Wildman–Crippen MR) is 58.5 cm³/mol. The fraction of sp³-hybridized carbons (Fsp3) is 0.364. The van der Waals surface area contributed by atoms with Gasteiger partial charge in [-0.15, -0.1) is 0 Å². The van der Waals surface area contributed by atoms with Crippen LogP contribution in [0, 0.1) is 0 Å². The molecule has 0 saturated heterocycles. The first-order valence-corrected chi connectivity index (χ1v) is 5.19. The Morgan fingerprint density at radius 2 is 2.25 bits per heavy atom. The van der Waals surface area contributed by atoms with Crippen molar-refractivity contribution < 1.29 is 14.2 Å². The number of hydrogen-bond acceptors (Lipinski definition) is 2. The first-order chi connectivity index (χ1) is 7.63. The second-order valence-electron chi connectivity index (χ2n) is 3.48. The molecule has 1 aromatic heterocycles. The summed E-state index contributed by atoms with van der Waals surface area (Å²) in [6.07, 6.45) is 4.18. The highest BCUT2D eigenvalue weighted by atomic mass is 16.2. The van der Waals surface area contributed by atoms with E-state index < -0.39 is 5.91 Å². The third-order valence-electron chi connectivity index (χ3n) is 2.04. The van der Waals surface area contributed by atoms with Crippen molar-refractivity contribution in [2.75, 3.05) is 6.54 Å². The summed E-state index contributed by atoms with van der Waals surface area (Å²) >= 11 is 0. The summed E-state index contributed by atoms with van der Waals surface area (Å²) in [5.41, 5.74) is 5.54. The number of amides is 2. The lowest BCUT2D eigenvalue weighted by atomic mass is 10.3. The molecule has 0 atom stereocenters. The van der Waals surface area contributed by atoms with Crippen molar-refractivity contribution in [3.8, 4) is 0 Å². The lowest BCUT2D eigenvalue weighted by molar-refractivity contribution is -0.684. The number of nitrogens with two attached hydrogens (primary N) is 1. The average molecular weight is 222 g/mol. The van der Waals surface area contributed by atoms with E-state index in [1.807, 2.05) is 6.92 Å². The number of aromatic nitrogens is 1. The minimum Gasteiger partial charge on any atom is -0.365 e. The molecule has 0 bridgehead atoms. The number of nitrogens with one attached hydrogen (secondary N) is 1. The third kappa shape index (κ3) is 3.68. The van der Waals surface area contributed by atoms with Gasteiger partial charge >= 0.3 is 0 Å². The van der Waals surface area contributed by atoms with Crippen molar-refractivity contribution in [2.24, 2.45) is 5.73 Å². The molecule has 2 amide bonds. The first kappa shape index (κ1) is 12.2. The molecule has 0 fully saturated rings. The highest BCUT2D eigenvalue weighted by molar-refractivity contribution is 5.92. The summed E-state index contributed by atoms with van der Waals surface area (Å²) in [5.74, 6) is -0.572. The van der Waals surface area contributed by atoms with Crippen molar-refractivity contribution in [3.63, 3.8) is 0 Å². The van der Waals surface area contributed by atoms with E-state index in [4.69, 9.17) is 5.73 Å². The zero-order valence-electron chi connectivity index (χ0n) is 9.27. The number of pyridine rings is 1. The third-order valence-corrected chi connectivity index (χ3v) is 2.04. The Morgan fingerprint density at radius 1 is 1.50 bits per heavy atom. The van der Waals surface area contributed by atoms with Crippen molar-refractivity contribution in [3.05, 3.63) is 30.1 Å². The zero-order chi connectivity index (χ0) is 12.0. The minimum absolute atomic E-state index is 0.0755. The largest absolute Gasteiger partial charge is 0.365 e. The molecule has 5 nitrogen and oxygen atoms in total. The monoisotopic (exact) mass is 222 g/mol. The van der Waals surface area contributed by atoms with Gasteiger partial charge in [0.2, 0.25) is 6.54 Å². The quantitative estimate of drug-likeness (QED) is 0.665. The van der Waals surface area contributed by atoms with E-state index in [-0.39, 0.29) is 12.5 Å². The zero-order valence-corrected chi connectivity index (χ0v) is 9.27. The molecule has 0 unspecified atom stereocenters. The molecule has 0 aromatic carbocycles. The molecule has 86 valence electrons. The van der Waals surface area contributed by atoms with Crippen LogP contribution in [0.25, 0.3) is 0 Å². The van der Waals surface area contributed by atoms with E-state index in [1.165, 1.54) is 0 Å². The first-order valence-electron chi connectivity index (χ1n) is 5.19. The molecule has 16 heavy (non-hydrogen) atoms. The minimum atomic E-state index is -0.497. The van der Waals surface area contributed by atoms with Gasteiger partial charge in [0.05, 0.1) is 0 Å². The van der Waals surface area contributed by atoms with Gasteiger partial charge < -0.3 is 11.1 Å². The summed E-state index contributed by atoms with van der Waals surface area (Å²) in [7, 11) is 0. The van der Waals surface area contributed by atoms with Crippen LogP contribution in [-0.4, -0.2) is 18.4 Å². The molecule has 0 radical (unpaired) electrons. The van der Waals surface area contributed by atoms with Crippen molar-refractivity contribution >= 4 is 11.8 Å². The maximum Gasteiger partial charge on any atom is 0.285 e. The van der Waals surface area contributed by atoms with Crippen LogP contribution in [0.3, 0.4) is 0 Å². The average Bonchev–Trinajstić information content (AvgIpc) is 2.26. The molecule has 1 heterocycles. The fourth-order valence-corrected chi connectivity index (χ4v) is 1.25. The Balaban J connectivity index is 2.63. The van der Waals surface area contributed by atoms with Crippen molar-refractivity contribution in [2.45, 2.75) is 19.9 Å². The lowest BCUT2D eigenvalue weighted by Crippen LogP contribution is -2.43. The van der Waals surface area contributed by atoms with Gasteiger partial charge in [-0.25, -0.2) is 0 Å². The Bertz CT molecular complexity index is 391. The molecule has 0 spiro atoms. The molecule has 0 saturated carbocycles. The van der Waals surface area contributed by atoms with Crippen LogP contribution in [0.15, 0.2) is 24.5 Å². The summed E-state index contributed by atoms with van der Waals surface area (Å²) in [6.45, 7) is 2.84. The van der Waals surface area contributed by atoms with Gasteiger partial charge in [0.1, 0.15) is 5.56 Å². The standard InChI is InChI=1S/C11H15N3O2/c1-2-5-13-10(15)8-14-6-3-4-9(7-14)11(12)16/h3-4,6-7H,2,5,8H2,1H3,(H2-,12,13,15,16)/p+1. The molecule has 3 N–H and O–H groups in total. The topological polar surface area (TPSA) is 76.1 Å². The van der Waals surface area contributed by atoms with E-state index in [1.54, 1.807) is 29.1 Å². The highest BCUT2D eigenvalue weighted by Gasteiger charge is 2.10. The van der Waals surface area contributed by atoms with Crippen LogP contribution < -0.4 is 15.6 Å². The van der Waals surface area contributed by atoms with Gasteiger partial charge in [-0.05, 0) is 12.5 Å². The summed E-state index contributed by atoms with van der Waals surface area (Å²) in [6, 6.07) is 3.30. The summed E-state index contributed by atoms with van der Waals surface area (Å²) < 4.78 is 1.63. The fourth-order valence-electron chi connectivity index (χ4n) is 1.25. The Morgan fingerprint density at radius 3 is 2.88 bits per heavy atom. The van der Waals surface area contributed by atoms with Crippen LogP contribution in [-0.2, 0) is 11.3 Å². The molecular weight excluding hydrogens is 206 g/mol. The van der Waals surface area contributed by atoms with E-state index in [9.17, 15) is 9.59 Å². The molecule has 0 aliphatic heterocycles. The van der Waals surface area contributed by atoms with Crippen LogP contribution in [0.2, 0.25) is 0 Å². The van der Waals surface area contributed by atoms with Crippen LogP contribution >= 0.6 is 0 Å². The molecular formula is C11H16N3O2+. The van der Waals surface area contributed by atoms with Crippen molar-refractivity contribution in [1.29, 1.82) is 0 Å².